The second-order valence-electron chi connectivity index (χ2n) is 8.00. The van der Waals surface area contributed by atoms with Crippen molar-refractivity contribution < 1.29 is 13.6 Å². The summed E-state index contributed by atoms with van der Waals surface area (Å²) in [7, 11) is 5.22. The average Bonchev–Trinajstić information content (AvgIpc) is 3.23. The Bertz CT molecular complexity index is 1310. The molecule has 35 heavy (non-hydrogen) atoms. The minimum Gasteiger partial charge on any atom is -0.373 e. The van der Waals surface area contributed by atoms with Crippen molar-refractivity contribution in [3.05, 3.63) is 84.2 Å². The summed E-state index contributed by atoms with van der Waals surface area (Å²) in [5.74, 6) is 0.479. The standard InChI is InChI=1S/C25H25F2N7O/c1-28-22-13-17(10-11-29-22)20-14-24(34(3)32-20)31-25(35)21(12-16-4-6-18(26)7-5-16)33(2)23-9-8-19(27)15-30-23/h4-11,13-15,21H,12H2,1-3H3,(H,28,29)(H,31,35)/t21-/m0/s1. The number of aryl methyl sites for hydroxylation is 1. The highest BCUT2D eigenvalue weighted by molar-refractivity contribution is 5.96. The summed E-state index contributed by atoms with van der Waals surface area (Å²) in [5.41, 5.74) is 2.28. The molecule has 4 aromatic rings. The number of anilines is 3. The van der Waals surface area contributed by atoms with Crippen molar-refractivity contribution in [2.24, 2.45) is 7.05 Å². The van der Waals surface area contributed by atoms with Gasteiger partial charge >= 0.3 is 0 Å². The first-order valence-corrected chi connectivity index (χ1v) is 10.9. The van der Waals surface area contributed by atoms with Gasteiger partial charge in [0.1, 0.15) is 35.1 Å². The normalized spacial score (nSPS) is 11.7. The molecular formula is C25H25F2N7O. The number of pyridine rings is 2. The molecule has 0 saturated carbocycles. The number of hydrogen-bond acceptors (Lipinski definition) is 6. The van der Waals surface area contributed by atoms with E-state index in [0.717, 1.165) is 17.3 Å². The van der Waals surface area contributed by atoms with E-state index >= 15 is 0 Å². The number of aromatic nitrogens is 4. The first-order valence-electron chi connectivity index (χ1n) is 10.9. The van der Waals surface area contributed by atoms with Crippen LogP contribution in [-0.4, -0.2) is 45.8 Å². The number of hydrogen-bond donors (Lipinski definition) is 2. The van der Waals surface area contributed by atoms with Crippen LogP contribution < -0.4 is 15.5 Å². The Kier molecular flexibility index (Phi) is 7.00. The van der Waals surface area contributed by atoms with E-state index in [1.54, 1.807) is 55.1 Å². The third kappa shape index (κ3) is 5.60. The molecule has 0 unspecified atom stereocenters. The lowest BCUT2D eigenvalue weighted by molar-refractivity contribution is -0.117. The van der Waals surface area contributed by atoms with Gasteiger partial charge in [-0.1, -0.05) is 12.1 Å². The van der Waals surface area contributed by atoms with Gasteiger partial charge in [0.15, 0.2) is 0 Å². The van der Waals surface area contributed by atoms with Gasteiger partial charge in [-0.3, -0.25) is 9.48 Å². The van der Waals surface area contributed by atoms with Crippen molar-refractivity contribution in [1.29, 1.82) is 0 Å². The molecule has 1 amide bonds. The van der Waals surface area contributed by atoms with Crippen molar-refractivity contribution in [3.63, 3.8) is 0 Å². The third-order valence-electron chi connectivity index (χ3n) is 5.63. The molecule has 0 spiro atoms. The highest BCUT2D eigenvalue weighted by Gasteiger charge is 2.26. The largest absolute Gasteiger partial charge is 0.373 e. The SMILES string of the molecule is CNc1cc(-c2cc(NC(=O)[C@H](Cc3ccc(F)cc3)N(C)c3ccc(F)cn3)n(C)n2)ccn1. The van der Waals surface area contributed by atoms with Crippen LogP contribution in [0.15, 0.2) is 67.0 Å². The fourth-order valence-corrected chi connectivity index (χ4v) is 3.65. The lowest BCUT2D eigenvalue weighted by Crippen LogP contribution is -2.44. The summed E-state index contributed by atoms with van der Waals surface area (Å²) in [6.45, 7) is 0. The van der Waals surface area contributed by atoms with Crippen LogP contribution >= 0.6 is 0 Å². The molecule has 0 aliphatic carbocycles. The predicted molar refractivity (Wildman–Crippen MR) is 131 cm³/mol. The number of halogens is 2. The molecule has 10 heteroatoms. The van der Waals surface area contributed by atoms with Crippen LogP contribution in [0.1, 0.15) is 5.56 Å². The number of carbonyl (C=O) groups excluding carboxylic acids is 1. The van der Waals surface area contributed by atoms with Gasteiger partial charge in [-0.05, 0) is 42.0 Å². The molecule has 1 aromatic carbocycles. The van der Waals surface area contributed by atoms with Crippen LogP contribution in [0.25, 0.3) is 11.3 Å². The summed E-state index contributed by atoms with van der Waals surface area (Å²) in [4.78, 5) is 23.5. The zero-order valence-electron chi connectivity index (χ0n) is 19.5. The number of benzene rings is 1. The molecule has 0 bridgehead atoms. The number of rotatable bonds is 8. The minimum atomic E-state index is -0.714. The number of amides is 1. The maximum Gasteiger partial charge on any atom is 0.248 e. The van der Waals surface area contributed by atoms with Crippen LogP contribution in [0.5, 0.6) is 0 Å². The van der Waals surface area contributed by atoms with Gasteiger partial charge < -0.3 is 15.5 Å². The number of nitrogens with one attached hydrogen (secondary N) is 2. The average molecular weight is 478 g/mol. The third-order valence-corrected chi connectivity index (χ3v) is 5.63. The Balaban J connectivity index is 1.60. The molecule has 4 rings (SSSR count). The van der Waals surface area contributed by atoms with E-state index in [4.69, 9.17) is 0 Å². The quantitative estimate of drug-likeness (QED) is 0.401. The highest BCUT2D eigenvalue weighted by atomic mass is 19.1. The lowest BCUT2D eigenvalue weighted by Gasteiger charge is -2.28. The summed E-state index contributed by atoms with van der Waals surface area (Å²) in [5, 5.41) is 10.4. The number of carbonyl (C=O) groups is 1. The van der Waals surface area contributed by atoms with E-state index in [-0.39, 0.29) is 18.1 Å². The van der Waals surface area contributed by atoms with Crippen molar-refractivity contribution in [1.82, 2.24) is 19.7 Å². The van der Waals surface area contributed by atoms with E-state index in [1.807, 2.05) is 12.1 Å². The fraction of sp³-hybridized carbons (Fsp3) is 0.200. The monoisotopic (exact) mass is 477 g/mol. The first-order chi connectivity index (χ1) is 16.8. The van der Waals surface area contributed by atoms with E-state index in [1.165, 1.54) is 24.3 Å². The van der Waals surface area contributed by atoms with Crippen molar-refractivity contribution in [2.75, 3.05) is 29.6 Å². The zero-order valence-corrected chi connectivity index (χ0v) is 19.5. The maximum absolute atomic E-state index is 13.5. The van der Waals surface area contributed by atoms with Crippen LogP contribution in [-0.2, 0) is 18.3 Å². The van der Waals surface area contributed by atoms with Gasteiger partial charge in [0.2, 0.25) is 5.91 Å². The van der Waals surface area contributed by atoms with Gasteiger partial charge in [-0.2, -0.15) is 5.10 Å². The molecule has 3 aromatic heterocycles. The molecule has 180 valence electrons. The Labute approximate surface area is 201 Å². The fourth-order valence-electron chi connectivity index (χ4n) is 3.65. The van der Waals surface area contributed by atoms with Crippen molar-refractivity contribution in [3.8, 4) is 11.3 Å². The molecule has 1 atom stereocenters. The second kappa shape index (κ2) is 10.3. The van der Waals surface area contributed by atoms with E-state index in [9.17, 15) is 13.6 Å². The summed E-state index contributed by atoms with van der Waals surface area (Å²) in [6.07, 6.45) is 3.06. The van der Waals surface area contributed by atoms with E-state index in [2.05, 4.69) is 25.7 Å². The molecule has 3 heterocycles. The topological polar surface area (TPSA) is 88.0 Å². The number of likely N-dealkylation sites (N-methyl/N-ethyl adjacent to an activating group) is 1. The molecule has 0 radical (unpaired) electrons. The first kappa shape index (κ1) is 23.8. The van der Waals surface area contributed by atoms with E-state index < -0.39 is 11.9 Å². The van der Waals surface area contributed by atoms with Crippen molar-refractivity contribution in [2.45, 2.75) is 12.5 Å². The van der Waals surface area contributed by atoms with Crippen LogP contribution in [0.3, 0.4) is 0 Å². The molecule has 0 saturated heterocycles. The molecule has 0 aliphatic heterocycles. The Morgan fingerprint density at radius 1 is 1.06 bits per heavy atom. The van der Waals surface area contributed by atoms with Crippen LogP contribution in [0.2, 0.25) is 0 Å². The summed E-state index contributed by atoms with van der Waals surface area (Å²) < 4.78 is 28.4. The maximum atomic E-state index is 13.5. The minimum absolute atomic E-state index is 0.280. The number of nitrogens with zero attached hydrogens (tertiary/aromatic N) is 5. The summed E-state index contributed by atoms with van der Waals surface area (Å²) in [6, 6.07) is 13.5. The van der Waals surface area contributed by atoms with Gasteiger partial charge in [0.25, 0.3) is 0 Å². The van der Waals surface area contributed by atoms with E-state index in [0.29, 0.717) is 23.1 Å². The molecule has 2 N–H and O–H groups in total. The van der Waals surface area contributed by atoms with Gasteiger partial charge in [-0.25, -0.2) is 18.7 Å². The Morgan fingerprint density at radius 3 is 2.49 bits per heavy atom. The predicted octanol–water partition coefficient (Wildman–Crippen LogP) is 3.88. The lowest BCUT2D eigenvalue weighted by atomic mass is 10.0. The second-order valence-corrected chi connectivity index (χ2v) is 8.00. The molecule has 8 nitrogen and oxygen atoms in total. The van der Waals surface area contributed by atoms with Crippen LogP contribution in [0.4, 0.5) is 26.2 Å². The smallest absolute Gasteiger partial charge is 0.248 e. The van der Waals surface area contributed by atoms with Gasteiger partial charge in [0.05, 0.1) is 11.9 Å². The van der Waals surface area contributed by atoms with Gasteiger partial charge in [0, 0.05) is 45.4 Å². The molecule has 0 fully saturated rings. The van der Waals surface area contributed by atoms with Crippen LogP contribution in [0, 0.1) is 11.6 Å². The summed E-state index contributed by atoms with van der Waals surface area (Å²) >= 11 is 0. The Hall–Kier alpha value is -4.34. The van der Waals surface area contributed by atoms with Crippen molar-refractivity contribution >= 4 is 23.4 Å². The Morgan fingerprint density at radius 2 is 1.80 bits per heavy atom. The molecular weight excluding hydrogens is 452 g/mol. The molecule has 0 aliphatic rings. The highest BCUT2D eigenvalue weighted by Crippen LogP contribution is 2.24. The van der Waals surface area contributed by atoms with Gasteiger partial charge in [-0.15, -0.1) is 0 Å². The zero-order chi connectivity index (χ0) is 24.9.